The standard InChI is InChI=1S/C20H21NO3/c22-19(21-12-5-4-10-2-1-3-11(10)8-12)17-13-6-7-14(16-9-15(13)16)18(17)20(23)24/h4-8,13-18H,1-3,9H2,(H,21,22)(H,23,24)/t13-,14-,15-,16-,17+,18+/m1/s1. The monoisotopic (exact) mass is 323 g/mol. The molecule has 4 heteroatoms. The molecule has 2 saturated carbocycles. The van der Waals surface area contributed by atoms with Gasteiger partial charge in [-0.1, -0.05) is 18.2 Å². The smallest absolute Gasteiger partial charge is 0.307 e. The highest BCUT2D eigenvalue weighted by atomic mass is 16.4. The van der Waals surface area contributed by atoms with Crippen LogP contribution in [0.25, 0.3) is 0 Å². The van der Waals surface area contributed by atoms with Gasteiger partial charge in [0.1, 0.15) is 0 Å². The van der Waals surface area contributed by atoms with Crippen molar-refractivity contribution in [2.24, 2.45) is 35.5 Å². The molecule has 2 N–H and O–H groups in total. The van der Waals surface area contributed by atoms with E-state index in [0.717, 1.165) is 24.9 Å². The number of hydrogen-bond acceptors (Lipinski definition) is 2. The van der Waals surface area contributed by atoms with Crippen LogP contribution >= 0.6 is 0 Å². The average molecular weight is 323 g/mol. The Balaban J connectivity index is 1.42. The minimum atomic E-state index is -0.825. The zero-order valence-corrected chi connectivity index (χ0v) is 13.4. The molecule has 2 fully saturated rings. The fraction of sp³-hybridized carbons (Fsp3) is 0.500. The summed E-state index contributed by atoms with van der Waals surface area (Å²) in [7, 11) is 0. The lowest BCUT2D eigenvalue weighted by Crippen LogP contribution is -2.48. The van der Waals surface area contributed by atoms with Crippen LogP contribution in [0.1, 0.15) is 24.0 Å². The molecule has 0 aromatic heterocycles. The van der Waals surface area contributed by atoms with Gasteiger partial charge >= 0.3 is 5.97 Å². The number of aryl methyl sites for hydroxylation is 2. The lowest BCUT2D eigenvalue weighted by atomic mass is 9.62. The van der Waals surface area contributed by atoms with Crippen LogP contribution in [-0.2, 0) is 22.4 Å². The van der Waals surface area contributed by atoms with E-state index in [1.807, 2.05) is 6.07 Å². The number of carboxylic acid groups (broad SMARTS) is 1. The van der Waals surface area contributed by atoms with Crippen LogP contribution in [0.5, 0.6) is 0 Å². The fourth-order valence-electron chi connectivity index (χ4n) is 5.45. The van der Waals surface area contributed by atoms with Crippen molar-refractivity contribution in [3.63, 3.8) is 0 Å². The van der Waals surface area contributed by atoms with Gasteiger partial charge in [0.25, 0.3) is 0 Å². The first kappa shape index (κ1) is 14.3. The molecule has 0 unspecified atom stereocenters. The summed E-state index contributed by atoms with van der Waals surface area (Å²) in [5.41, 5.74) is 3.49. The number of fused-ring (bicyclic) bond motifs is 2. The highest BCUT2D eigenvalue weighted by Gasteiger charge is 2.62. The molecular weight excluding hydrogens is 302 g/mol. The van der Waals surface area contributed by atoms with Crippen molar-refractivity contribution < 1.29 is 14.7 Å². The maximum atomic E-state index is 12.9. The van der Waals surface area contributed by atoms with Crippen molar-refractivity contribution in [1.29, 1.82) is 0 Å². The van der Waals surface area contributed by atoms with Crippen LogP contribution in [0.3, 0.4) is 0 Å². The maximum absolute atomic E-state index is 12.9. The normalized spacial score (nSPS) is 37.7. The summed E-state index contributed by atoms with van der Waals surface area (Å²) in [5, 5.41) is 12.7. The molecule has 0 heterocycles. The summed E-state index contributed by atoms with van der Waals surface area (Å²) < 4.78 is 0. The van der Waals surface area contributed by atoms with Gasteiger partial charge in [-0.3, -0.25) is 9.59 Å². The number of allylic oxidation sites excluding steroid dienone is 2. The minimum absolute atomic E-state index is 0.0354. The van der Waals surface area contributed by atoms with Gasteiger partial charge in [-0.2, -0.15) is 0 Å². The van der Waals surface area contributed by atoms with E-state index in [4.69, 9.17) is 0 Å². The Bertz CT molecular complexity index is 768. The third-order valence-electron chi connectivity index (χ3n) is 6.61. The summed E-state index contributed by atoms with van der Waals surface area (Å²) in [5.74, 6) is -0.813. The number of rotatable bonds is 3. The van der Waals surface area contributed by atoms with Crippen LogP contribution in [0.2, 0.25) is 0 Å². The number of carbonyl (C=O) groups is 2. The maximum Gasteiger partial charge on any atom is 0.307 e. The second kappa shape index (κ2) is 4.95. The van der Waals surface area contributed by atoms with Gasteiger partial charge in [0.2, 0.25) is 5.91 Å². The van der Waals surface area contributed by atoms with E-state index in [1.54, 1.807) is 0 Å². The van der Waals surface area contributed by atoms with Crippen molar-refractivity contribution in [3.8, 4) is 0 Å². The highest BCUT2D eigenvalue weighted by Crippen LogP contribution is 2.63. The number of hydrogen-bond donors (Lipinski definition) is 2. The van der Waals surface area contributed by atoms with Crippen molar-refractivity contribution in [2.75, 3.05) is 5.32 Å². The van der Waals surface area contributed by atoms with Crippen LogP contribution in [0.4, 0.5) is 5.69 Å². The number of anilines is 1. The number of nitrogens with one attached hydrogen (secondary N) is 1. The molecule has 4 nitrogen and oxygen atoms in total. The Morgan fingerprint density at radius 2 is 1.71 bits per heavy atom. The first-order valence-corrected chi connectivity index (χ1v) is 8.97. The fourth-order valence-corrected chi connectivity index (χ4v) is 5.45. The van der Waals surface area contributed by atoms with Crippen molar-refractivity contribution in [2.45, 2.75) is 25.7 Å². The van der Waals surface area contributed by atoms with E-state index in [-0.39, 0.29) is 17.7 Å². The molecule has 0 spiro atoms. The molecule has 0 aliphatic heterocycles. The molecule has 124 valence electrons. The van der Waals surface area contributed by atoms with Gasteiger partial charge in [0, 0.05) is 5.69 Å². The van der Waals surface area contributed by atoms with Crippen LogP contribution in [0, 0.1) is 35.5 Å². The minimum Gasteiger partial charge on any atom is -0.481 e. The Morgan fingerprint density at radius 3 is 2.46 bits per heavy atom. The molecule has 5 aliphatic carbocycles. The van der Waals surface area contributed by atoms with Crippen LogP contribution in [0.15, 0.2) is 30.4 Å². The number of carbonyl (C=O) groups excluding carboxylic acids is 1. The van der Waals surface area contributed by atoms with Crippen molar-refractivity contribution in [1.82, 2.24) is 0 Å². The van der Waals surface area contributed by atoms with Crippen molar-refractivity contribution in [3.05, 3.63) is 41.5 Å². The number of amides is 1. The van der Waals surface area contributed by atoms with Crippen LogP contribution in [-0.4, -0.2) is 17.0 Å². The molecule has 6 atom stereocenters. The van der Waals surface area contributed by atoms with Gasteiger partial charge in [0.15, 0.2) is 0 Å². The molecule has 0 saturated heterocycles. The molecular formula is C20H21NO3. The molecule has 1 aromatic rings. The summed E-state index contributed by atoms with van der Waals surface area (Å²) >= 11 is 0. The highest BCUT2D eigenvalue weighted by molar-refractivity contribution is 5.96. The van der Waals surface area contributed by atoms with Gasteiger partial charge in [-0.15, -0.1) is 0 Å². The topological polar surface area (TPSA) is 66.4 Å². The first-order chi connectivity index (χ1) is 11.6. The van der Waals surface area contributed by atoms with E-state index < -0.39 is 17.8 Å². The first-order valence-electron chi connectivity index (χ1n) is 8.97. The lowest BCUT2D eigenvalue weighted by Gasteiger charge is -2.41. The second-order valence-electron chi connectivity index (χ2n) is 7.82. The van der Waals surface area contributed by atoms with Gasteiger partial charge in [-0.25, -0.2) is 0 Å². The molecule has 1 aromatic carbocycles. The predicted octanol–water partition coefficient (Wildman–Crippen LogP) is 2.88. The number of carboxylic acids is 1. The quantitative estimate of drug-likeness (QED) is 0.841. The van der Waals surface area contributed by atoms with E-state index in [1.165, 1.54) is 17.5 Å². The predicted molar refractivity (Wildman–Crippen MR) is 89.4 cm³/mol. The Morgan fingerprint density at radius 1 is 1.00 bits per heavy atom. The van der Waals surface area contributed by atoms with Gasteiger partial charge in [-0.05, 0) is 72.6 Å². The van der Waals surface area contributed by atoms with Gasteiger partial charge < -0.3 is 10.4 Å². The van der Waals surface area contributed by atoms with E-state index in [0.29, 0.717) is 11.8 Å². The molecule has 5 aliphatic rings. The SMILES string of the molecule is O=C(O)[C@H]1[C@@H]2C=C[C@H]([C@H]3C[C@H]23)[C@@H]1C(=O)Nc1ccc2c(c1)CCC2. The second-order valence-corrected chi connectivity index (χ2v) is 7.82. The number of aliphatic carboxylic acids is 1. The number of benzene rings is 1. The van der Waals surface area contributed by atoms with E-state index in [2.05, 4.69) is 29.6 Å². The summed E-state index contributed by atoms with van der Waals surface area (Å²) in [4.78, 5) is 24.7. The summed E-state index contributed by atoms with van der Waals surface area (Å²) in [6.45, 7) is 0. The molecule has 6 rings (SSSR count). The van der Waals surface area contributed by atoms with Gasteiger partial charge in [0.05, 0.1) is 11.8 Å². The third-order valence-corrected chi connectivity index (χ3v) is 6.61. The zero-order chi connectivity index (χ0) is 16.4. The largest absolute Gasteiger partial charge is 0.481 e. The molecule has 24 heavy (non-hydrogen) atoms. The third kappa shape index (κ3) is 1.98. The Kier molecular flexibility index (Phi) is 2.94. The van der Waals surface area contributed by atoms with E-state index >= 15 is 0 Å². The molecule has 2 bridgehead atoms. The average Bonchev–Trinajstić information content (AvgIpc) is 3.28. The Labute approximate surface area is 140 Å². The van der Waals surface area contributed by atoms with Crippen LogP contribution < -0.4 is 5.32 Å². The van der Waals surface area contributed by atoms with E-state index in [9.17, 15) is 14.7 Å². The summed E-state index contributed by atoms with van der Waals surface area (Å²) in [6, 6.07) is 6.11. The molecule has 0 radical (unpaired) electrons. The summed E-state index contributed by atoms with van der Waals surface area (Å²) in [6.07, 6.45) is 8.59. The zero-order valence-electron chi connectivity index (χ0n) is 13.4. The Hall–Kier alpha value is -2.10. The van der Waals surface area contributed by atoms with Crippen molar-refractivity contribution >= 4 is 17.6 Å². The lowest BCUT2D eigenvalue weighted by molar-refractivity contribution is -0.152. The molecule has 1 amide bonds.